The van der Waals surface area contributed by atoms with Gasteiger partial charge in [0, 0.05) is 40.9 Å². The van der Waals surface area contributed by atoms with Crippen molar-refractivity contribution in [3.05, 3.63) is 53.2 Å². The zero-order valence-corrected chi connectivity index (χ0v) is 14.4. The fourth-order valence-corrected chi connectivity index (χ4v) is 2.86. The molecule has 2 aromatic rings. The molecule has 128 valence electrons. The third-order valence-corrected chi connectivity index (χ3v) is 4.04. The van der Waals surface area contributed by atoms with E-state index in [1.165, 1.54) is 6.92 Å². The molecule has 0 saturated heterocycles. The van der Waals surface area contributed by atoms with Crippen LogP contribution in [0.4, 0.5) is 22.7 Å². The number of amides is 2. The average Bonchev–Trinajstić information content (AvgIpc) is 2.85. The Morgan fingerprint density at radius 1 is 1.08 bits per heavy atom. The van der Waals surface area contributed by atoms with Crippen LogP contribution in [0.25, 0.3) is 5.57 Å². The van der Waals surface area contributed by atoms with Gasteiger partial charge in [-0.15, -0.1) is 0 Å². The molecule has 0 fully saturated rings. The highest BCUT2D eigenvalue weighted by Crippen LogP contribution is 2.35. The molecule has 0 atom stereocenters. The van der Waals surface area contributed by atoms with E-state index in [0.29, 0.717) is 17.0 Å². The Hall–Kier alpha value is -3.28. The van der Waals surface area contributed by atoms with E-state index in [4.69, 9.17) is 5.73 Å². The maximum atomic E-state index is 12.3. The molecule has 0 spiro atoms. The van der Waals surface area contributed by atoms with Crippen molar-refractivity contribution in [2.45, 2.75) is 20.8 Å². The van der Waals surface area contributed by atoms with Crippen LogP contribution in [-0.2, 0) is 9.59 Å². The van der Waals surface area contributed by atoms with Crippen molar-refractivity contribution in [1.82, 2.24) is 0 Å². The van der Waals surface area contributed by atoms with Crippen LogP contribution in [0, 0.1) is 6.92 Å². The van der Waals surface area contributed by atoms with Gasteiger partial charge in [-0.05, 0) is 49.7 Å². The first-order valence-electron chi connectivity index (χ1n) is 7.92. The van der Waals surface area contributed by atoms with Gasteiger partial charge in [-0.1, -0.05) is 6.07 Å². The van der Waals surface area contributed by atoms with Gasteiger partial charge in [0.15, 0.2) is 0 Å². The minimum Gasteiger partial charge on any atom is -0.399 e. The topological polar surface area (TPSA) is 96.2 Å². The van der Waals surface area contributed by atoms with Crippen LogP contribution in [0.1, 0.15) is 25.0 Å². The number of nitrogens with two attached hydrogens (primary N) is 1. The molecule has 1 aliphatic rings. The second-order valence-electron chi connectivity index (χ2n) is 6.10. The van der Waals surface area contributed by atoms with Gasteiger partial charge in [-0.3, -0.25) is 9.59 Å². The summed E-state index contributed by atoms with van der Waals surface area (Å²) < 4.78 is 0. The highest BCUT2D eigenvalue weighted by molar-refractivity contribution is 6.32. The lowest BCUT2D eigenvalue weighted by Crippen LogP contribution is -2.10. The number of benzene rings is 2. The van der Waals surface area contributed by atoms with Gasteiger partial charge in [0.25, 0.3) is 5.91 Å². The Balaban J connectivity index is 1.96. The van der Waals surface area contributed by atoms with Gasteiger partial charge in [0.1, 0.15) is 0 Å². The van der Waals surface area contributed by atoms with E-state index in [-0.39, 0.29) is 11.8 Å². The molecule has 0 unspecified atom stereocenters. The fraction of sp³-hybridized carbons (Fsp3) is 0.158. The number of aryl methyl sites for hydroxylation is 1. The molecule has 1 heterocycles. The van der Waals surface area contributed by atoms with Crippen molar-refractivity contribution in [3.63, 3.8) is 0 Å². The Morgan fingerprint density at radius 2 is 1.84 bits per heavy atom. The zero-order chi connectivity index (χ0) is 18.1. The zero-order valence-electron chi connectivity index (χ0n) is 14.4. The molecule has 0 aromatic heterocycles. The quantitative estimate of drug-likeness (QED) is 0.510. The first-order chi connectivity index (χ1) is 11.8. The van der Waals surface area contributed by atoms with Crippen molar-refractivity contribution >= 4 is 40.1 Å². The van der Waals surface area contributed by atoms with E-state index in [1.807, 2.05) is 32.0 Å². The van der Waals surface area contributed by atoms with Gasteiger partial charge in [-0.2, -0.15) is 0 Å². The smallest absolute Gasteiger partial charge is 0.258 e. The summed E-state index contributed by atoms with van der Waals surface area (Å²) in [6, 6.07) is 11.0. The largest absolute Gasteiger partial charge is 0.399 e. The van der Waals surface area contributed by atoms with Gasteiger partial charge in [0.05, 0.1) is 5.57 Å². The lowest BCUT2D eigenvalue weighted by atomic mass is 10.0. The van der Waals surface area contributed by atoms with Crippen LogP contribution < -0.4 is 21.7 Å². The summed E-state index contributed by atoms with van der Waals surface area (Å²) in [7, 11) is 0. The Morgan fingerprint density at radius 3 is 2.56 bits per heavy atom. The summed E-state index contributed by atoms with van der Waals surface area (Å²) in [5.74, 6) is -0.297. The van der Waals surface area contributed by atoms with Crippen LogP contribution in [0.3, 0.4) is 0 Å². The maximum absolute atomic E-state index is 12.3. The van der Waals surface area contributed by atoms with Crippen LogP contribution in [0.15, 0.2) is 42.1 Å². The van der Waals surface area contributed by atoms with E-state index in [1.54, 1.807) is 18.2 Å². The predicted molar refractivity (Wildman–Crippen MR) is 101 cm³/mol. The van der Waals surface area contributed by atoms with Crippen LogP contribution in [0.5, 0.6) is 0 Å². The molecule has 2 aromatic carbocycles. The normalized spacial score (nSPS) is 14.6. The molecule has 6 heteroatoms. The number of nitrogen functional groups attached to an aromatic ring is 1. The van der Waals surface area contributed by atoms with E-state index in [9.17, 15) is 9.59 Å². The summed E-state index contributed by atoms with van der Waals surface area (Å²) in [5.41, 5.74) is 11.7. The fourth-order valence-electron chi connectivity index (χ4n) is 2.86. The van der Waals surface area contributed by atoms with Crippen molar-refractivity contribution in [2.24, 2.45) is 0 Å². The summed E-state index contributed by atoms with van der Waals surface area (Å²) in [5, 5.41) is 8.88. The molecule has 0 bridgehead atoms. The molecule has 0 saturated carbocycles. The lowest BCUT2D eigenvalue weighted by molar-refractivity contribution is -0.114. The van der Waals surface area contributed by atoms with Gasteiger partial charge in [0.2, 0.25) is 5.91 Å². The summed E-state index contributed by atoms with van der Waals surface area (Å²) in [6.45, 7) is 5.23. The molecule has 0 radical (unpaired) electrons. The number of hydrogen-bond acceptors (Lipinski definition) is 4. The molecule has 2 amide bonds. The monoisotopic (exact) mass is 336 g/mol. The standard InChI is InChI=1S/C19H20N4O2/c1-10-4-6-14(9-17(10)22-12(3)24)21-11(2)18-15-8-13(20)5-7-16(15)23-19(18)25/h4-9,21H,20H2,1-3H3,(H,22,24)(H,23,25)/b18-11-. The Kier molecular flexibility index (Phi) is 4.19. The maximum Gasteiger partial charge on any atom is 0.258 e. The average molecular weight is 336 g/mol. The summed E-state index contributed by atoms with van der Waals surface area (Å²) in [4.78, 5) is 23.6. The number of allylic oxidation sites excluding steroid dienone is 1. The third-order valence-electron chi connectivity index (χ3n) is 4.04. The Bertz CT molecular complexity index is 916. The molecule has 25 heavy (non-hydrogen) atoms. The second-order valence-corrected chi connectivity index (χ2v) is 6.10. The molecule has 0 aliphatic carbocycles. The number of carbonyl (C=O) groups is 2. The number of hydrogen-bond donors (Lipinski definition) is 4. The highest BCUT2D eigenvalue weighted by atomic mass is 16.2. The second kappa shape index (κ2) is 6.32. The van der Waals surface area contributed by atoms with Crippen LogP contribution >= 0.6 is 0 Å². The van der Waals surface area contributed by atoms with E-state index in [2.05, 4.69) is 16.0 Å². The van der Waals surface area contributed by atoms with Crippen molar-refractivity contribution in [2.75, 3.05) is 21.7 Å². The minimum atomic E-state index is -0.167. The lowest BCUT2D eigenvalue weighted by Gasteiger charge is -2.13. The minimum absolute atomic E-state index is 0.130. The van der Waals surface area contributed by atoms with Crippen molar-refractivity contribution in [1.29, 1.82) is 0 Å². The van der Waals surface area contributed by atoms with Crippen molar-refractivity contribution in [3.8, 4) is 0 Å². The molecular formula is C19H20N4O2. The van der Waals surface area contributed by atoms with E-state index >= 15 is 0 Å². The number of carbonyl (C=O) groups excluding carboxylic acids is 2. The Labute approximate surface area is 146 Å². The molecule has 3 rings (SSSR count). The number of fused-ring (bicyclic) bond motifs is 1. The SMILES string of the molecule is CC(=O)Nc1cc(N/C(C)=C2\C(=O)Nc3ccc(N)cc32)ccc1C. The first-order valence-corrected chi connectivity index (χ1v) is 7.92. The number of rotatable bonds is 3. The van der Waals surface area contributed by atoms with Crippen molar-refractivity contribution < 1.29 is 9.59 Å². The van der Waals surface area contributed by atoms with E-state index < -0.39 is 0 Å². The summed E-state index contributed by atoms with van der Waals surface area (Å²) in [6.07, 6.45) is 0. The van der Waals surface area contributed by atoms with Gasteiger partial charge >= 0.3 is 0 Å². The first kappa shape index (κ1) is 16.6. The van der Waals surface area contributed by atoms with Gasteiger partial charge in [-0.25, -0.2) is 0 Å². The predicted octanol–water partition coefficient (Wildman–Crippen LogP) is 3.33. The van der Waals surface area contributed by atoms with Gasteiger partial charge < -0.3 is 21.7 Å². The summed E-state index contributed by atoms with van der Waals surface area (Å²) >= 11 is 0. The number of nitrogens with one attached hydrogen (secondary N) is 3. The highest BCUT2D eigenvalue weighted by Gasteiger charge is 2.26. The molecule has 1 aliphatic heterocycles. The van der Waals surface area contributed by atoms with Crippen LogP contribution in [0.2, 0.25) is 0 Å². The molecule has 6 nitrogen and oxygen atoms in total. The van der Waals surface area contributed by atoms with E-state index in [0.717, 1.165) is 28.2 Å². The molecular weight excluding hydrogens is 316 g/mol. The molecule has 5 N–H and O–H groups in total. The number of anilines is 4. The third kappa shape index (κ3) is 3.33. The van der Waals surface area contributed by atoms with Crippen LogP contribution in [-0.4, -0.2) is 11.8 Å².